The van der Waals surface area contributed by atoms with Gasteiger partial charge < -0.3 is 15.0 Å². The van der Waals surface area contributed by atoms with E-state index in [1.54, 1.807) is 0 Å². The number of rotatable bonds is 2. The quantitative estimate of drug-likeness (QED) is 0.695. The van der Waals surface area contributed by atoms with Crippen LogP contribution < -0.4 is 5.32 Å². The van der Waals surface area contributed by atoms with Gasteiger partial charge in [-0.15, -0.1) is 0 Å². The molecule has 0 amide bonds. The van der Waals surface area contributed by atoms with Crippen molar-refractivity contribution in [3.63, 3.8) is 0 Å². The summed E-state index contributed by atoms with van der Waals surface area (Å²) < 4.78 is 4.55. The average Bonchev–Trinajstić information content (AvgIpc) is 2.53. The number of nitrogens with zero attached hydrogens (tertiary/aromatic N) is 1. The lowest BCUT2D eigenvalue weighted by Crippen LogP contribution is -2.29. The van der Waals surface area contributed by atoms with Gasteiger partial charge in [-0.25, -0.2) is 0 Å². The molecule has 0 aromatic carbocycles. The zero-order valence-corrected chi connectivity index (χ0v) is 10.5. The van der Waals surface area contributed by atoms with Crippen molar-refractivity contribution in [3.8, 4) is 0 Å². The largest absolute Gasteiger partial charge is 0.462 e. The van der Waals surface area contributed by atoms with E-state index in [9.17, 15) is 4.79 Å². The monoisotopic (exact) mass is 216 g/mol. The maximum absolute atomic E-state index is 9.60. The molecule has 15 heavy (non-hydrogen) atoms. The Balaban J connectivity index is 0.000000265. The minimum Gasteiger partial charge on any atom is -0.462 e. The highest BCUT2D eigenvalue weighted by atomic mass is 16.5. The smallest absolute Gasteiger partial charge is 0.293 e. The van der Waals surface area contributed by atoms with Crippen molar-refractivity contribution >= 4 is 6.47 Å². The Morgan fingerprint density at radius 1 is 1.40 bits per heavy atom. The number of ether oxygens (including phenoxy) is 1. The van der Waals surface area contributed by atoms with Crippen LogP contribution in [0.2, 0.25) is 0 Å². The van der Waals surface area contributed by atoms with E-state index in [0.717, 1.165) is 6.04 Å². The molecule has 0 aromatic rings. The maximum atomic E-state index is 9.60. The Hall–Kier alpha value is -0.610. The number of likely N-dealkylation sites (N-methyl/N-ethyl adjacent to an activating group) is 1. The van der Waals surface area contributed by atoms with Gasteiger partial charge in [-0.2, -0.15) is 0 Å². The van der Waals surface area contributed by atoms with Gasteiger partial charge in [0.25, 0.3) is 6.47 Å². The van der Waals surface area contributed by atoms with E-state index in [1.165, 1.54) is 19.5 Å². The van der Waals surface area contributed by atoms with Gasteiger partial charge in [0.15, 0.2) is 0 Å². The molecule has 1 N–H and O–H groups in total. The lowest BCUT2D eigenvalue weighted by Gasteiger charge is -2.16. The molecule has 1 saturated heterocycles. The van der Waals surface area contributed by atoms with Crippen molar-refractivity contribution in [3.05, 3.63) is 0 Å². The first-order valence-electron chi connectivity index (χ1n) is 5.35. The number of hydrogen-bond acceptors (Lipinski definition) is 4. The second-order valence-electron chi connectivity index (χ2n) is 4.94. The molecule has 1 rings (SSSR count). The van der Waals surface area contributed by atoms with Crippen molar-refractivity contribution in [2.75, 3.05) is 27.2 Å². The summed E-state index contributed by atoms with van der Waals surface area (Å²) in [5.74, 6) is 0. The Kier molecular flexibility index (Phi) is 6.52. The van der Waals surface area contributed by atoms with Crippen LogP contribution in [0.1, 0.15) is 27.2 Å². The molecule has 1 aliphatic rings. The van der Waals surface area contributed by atoms with E-state index in [-0.39, 0.29) is 5.60 Å². The molecular weight excluding hydrogens is 192 g/mol. The first-order valence-corrected chi connectivity index (χ1v) is 5.35. The van der Waals surface area contributed by atoms with E-state index in [2.05, 4.69) is 29.0 Å². The lowest BCUT2D eigenvalue weighted by atomic mass is 10.2. The lowest BCUT2D eigenvalue weighted by molar-refractivity contribution is -0.138. The summed E-state index contributed by atoms with van der Waals surface area (Å²) in [6, 6.07) is 0.787. The summed E-state index contributed by atoms with van der Waals surface area (Å²) >= 11 is 0. The summed E-state index contributed by atoms with van der Waals surface area (Å²) in [5, 5.41) is 3.31. The number of carbonyl (C=O) groups excluding carboxylic acids is 1. The van der Waals surface area contributed by atoms with Crippen LogP contribution >= 0.6 is 0 Å². The molecule has 90 valence electrons. The Labute approximate surface area is 93.0 Å². The molecule has 0 bridgehead atoms. The topological polar surface area (TPSA) is 41.6 Å². The molecule has 0 saturated carbocycles. The molecule has 4 nitrogen and oxygen atoms in total. The van der Waals surface area contributed by atoms with Crippen molar-refractivity contribution < 1.29 is 9.53 Å². The van der Waals surface area contributed by atoms with Gasteiger partial charge in [0.1, 0.15) is 5.60 Å². The molecule has 0 radical (unpaired) electrons. The molecule has 1 aliphatic heterocycles. The maximum Gasteiger partial charge on any atom is 0.293 e. The number of nitrogens with one attached hydrogen (secondary N) is 1. The first kappa shape index (κ1) is 14.4. The third kappa shape index (κ3) is 8.39. The van der Waals surface area contributed by atoms with Crippen LogP contribution in [0.3, 0.4) is 0 Å². The standard InChI is InChI=1S/C6H14N2.C5H10O2/c1-8(2)6-3-4-7-5-6;1-5(2,3)7-4-6/h6-7H,3-5H2,1-2H3;4H,1-3H3/t6-;/m1./s1. The molecule has 0 unspecified atom stereocenters. The Morgan fingerprint density at radius 3 is 2.13 bits per heavy atom. The molecule has 1 atom stereocenters. The highest BCUT2D eigenvalue weighted by molar-refractivity contribution is 5.37. The molecule has 0 aromatic heterocycles. The van der Waals surface area contributed by atoms with Gasteiger partial charge in [0.05, 0.1) is 0 Å². The van der Waals surface area contributed by atoms with Crippen LogP contribution in [-0.4, -0.2) is 50.2 Å². The highest BCUT2D eigenvalue weighted by Crippen LogP contribution is 2.03. The summed E-state index contributed by atoms with van der Waals surface area (Å²) in [4.78, 5) is 11.9. The molecule has 1 heterocycles. The Morgan fingerprint density at radius 2 is 2.00 bits per heavy atom. The zero-order chi connectivity index (χ0) is 11.9. The highest BCUT2D eigenvalue weighted by Gasteiger charge is 2.14. The summed E-state index contributed by atoms with van der Waals surface area (Å²) in [5.41, 5.74) is -0.318. The van der Waals surface area contributed by atoms with Crippen molar-refractivity contribution in [2.45, 2.75) is 38.8 Å². The van der Waals surface area contributed by atoms with Crippen molar-refractivity contribution in [1.82, 2.24) is 10.2 Å². The summed E-state index contributed by atoms with van der Waals surface area (Å²) in [7, 11) is 4.27. The SMILES string of the molecule is CC(C)(C)OC=O.CN(C)[C@@H]1CCNC1. The fourth-order valence-corrected chi connectivity index (χ4v) is 1.22. The van der Waals surface area contributed by atoms with Crippen molar-refractivity contribution in [2.24, 2.45) is 0 Å². The van der Waals surface area contributed by atoms with E-state index in [1.807, 2.05) is 20.8 Å². The summed E-state index contributed by atoms with van der Waals surface area (Å²) in [6.07, 6.45) is 1.31. The van der Waals surface area contributed by atoms with Crippen LogP contribution in [-0.2, 0) is 9.53 Å². The molecule has 1 fully saturated rings. The third-order valence-electron chi connectivity index (χ3n) is 2.17. The predicted molar refractivity (Wildman–Crippen MR) is 61.9 cm³/mol. The van der Waals surface area contributed by atoms with Gasteiger partial charge in [-0.3, -0.25) is 4.79 Å². The normalized spacial score (nSPS) is 20.8. The van der Waals surface area contributed by atoms with Crippen LogP contribution in [0.25, 0.3) is 0 Å². The van der Waals surface area contributed by atoms with Gasteiger partial charge in [-0.05, 0) is 47.8 Å². The van der Waals surface area contributed by atoms with E-state index < -0.39 is 0 Å². The molecule has 0 aliphatic carbocycles. The van der Waals surface area contributed by atoms with E-state index in [4.69, 9.17) is 0 Å². The molecular formula is C11H24N2O2. The zero-order valence-electron chi connectivity index (χ0n) is 10.5. The van der Waals surface area contributed by atoms with Crippen LogP contribution in [0.5, 0.6) is 0 Å². The van der Waals surface area contributed by atoms with Crippen LogP contribution in [0, 0.1) is 0 Å². The second kappa shape index (κ2) is 6.80. The van der Waals surface area contributed by atoms with Crippen LogP contribution in [0.15, 0.2) is 0 Å². The van der Waals surface area contributed by atoms with Crippen molar-refractivity contribution in [1.29, 1.82) is 0 Å². The molecule has 0 spiro atoms. The predicted octanol–water partition coefficient (Wildman–Crippen LogP) is 0.868. The van der Waals surface area contributed by atoms with Gasteiger partial charge in [0, 0.05) is 12.6 Å². The minimum absolute atomic E-state index is 0.318. The number of carbonyl (C=O) groups is 1. The fourth-order valence-electron chi connectivity index (χ4n) is 1.22. The first-order chi connectivity index (χ1) is 6.87. The number of hydrogen-bond donors (Lipinski definition) is 1. The van der Waals surface area contributed by atoms with Gasteiger partial charge >= 0.3 is 0 Å². The third-order valence-corrected chi connectivity index (χ3v) is 2.17. The van der Waals surface area contributed by atoms with Gasteiger partial charge in [-0.1, -0.05) is 0 Å². The van der Waals surface area contributed by atoms with E-state index in [0.29, 0.717) is 6.47 Å². The van der Waals surface area contributed by atoms with Gasteiger partial charge in [0.2, 0.25) is 0 Å². The minimum atomic E-state index is -0.318. The molecule has 4 heteroatoms. The van der Waals surface area contributed by atoms with Crippen LogP contribution in [0.4, 0.5) is 0 Å². The Bertz CT molecular complexity index is 170. The fraction of sp³-hybridized carbons (Fsp3) is 0.909. The average molecular weight is 216 g/mol. The second-order valence-corrected chi connectivity index (χ2v) is 4.94. The summed E-state index contributed by atoms with van der Waals surface area (Å²) in [6.45, 7) is 8.29. The van der Waals surface area contributed by atoms with E-state index >= 15 is 0 Å².